The van der Waals surface area contributed by atoms with Crippen molar-refractivity contribution >= 4 is 0 Å². The Labute approximate surface area is 210 Å². The maximum Gasteiger partial charge on any atom is 0.179 e. The van der Waals surface area contributed by atoms with E-state index in [0.717, 1.165) is 60.0 Å². The van der Waals surface area contributed by atoms with Crippen LogP contribution in [0.2, 0.25) is 0 Å². The lowest BCUT2D eigenvalue weighted by molar-refractivity contribution is 0.213. The molecule has 2 aliphatic heterocycles. The Bertz CT molecular complexity index is 1380. The molecule has 188 valence electrons. The van der Waals surface area contributed by atoms with Crippen molar-refractivity contribution in [2.75, 3.05) is 26.7 Å². The predicted octanol–water partition coefficient (Wildman–Crippen LogP) is 3.40. The number of likely N-dealkylation sites (tertiary alicyclic amines) is 1. The number of aromatic nitrogens is 7. The van der Waals surface area contributed by atoms with Crippen molar-refractivity contribution in [2.45, 2.75) is 51.9 Å². The Kier molecular flexibility index (Phi) is 5.85. The van der Waals surface area contributed by atoms with E-state index in [4.69, 9.17) is 9.72 Å². The van der Waals surface area contributed by atoms with Gasteiger partial charge in [-0.1, -0.05) is 6.07 Å². The van der Waals surface area contributed by atoms with Crippen LogP contribution < -0.4 is 4.74 Å². The summed E-state index contributed by atoms with van der Waals surface area (Å²) in [4.78, 5) is 11.9. The number of piperidine rings is 1. The van der Waals surface area contributed by atoms with E-state index in [1.807, 2.05) is 30.9 Å². The summed E-state index contributed by atoms with van der Waals surface area (Å²) in [5.41, 5.74) is 3.90. The summed E-state index contributed by atoms with van der Waals surface area (Å²) < 4.78 is 12.3. The predicted molar refractivity (Wildman–Crippen MR) is 135 cm³/mol. The van der Waals surface area contributed by atoms with E-state index in [9.17, 15) is 5.11 Å². The smallest absolute Gasteiger partial charge is 0.179 e. The largest absolute Gasteiger partial charge is 0.491 e. The second-order valence-corrected chi connectivity index (χ2v) is 9.95. The van der Waals surface area contributed by atoms with Crippen LogP contribution in [0.4, 0.5) is 0 Å². The van der Waals surface area contributed by atoms with Gasteiger partial charge in [0.05, 0.1) is 23.8 Å². The monoisotopic (exact) mass is 488 g/mol. The third-order valence-electron chi connectivity index (χ3n) is 7.12. The first-order chi connectivity index (χ1) is 17.5. The van der Waals surface area contributed by atoms with E-state index in [-0.39, 0.29) is 12.6 Å². The molecule has 10 heteroatoms. The number of nitrogens with zero attached hydrogens (tertiary/aromatic N) is 8. The molecule has 1 aromatic carbocycles. The van der Waals surface area contributed by atoms with Crippen molar-refractivity contribution in [3.05, 3.63) is 42.5 Å². The van der Waals surface area contributed by atoms with Crippen LogP contribution in [-0.4, -0.2) is 70.8 Å². The lowest BCUT2D eigenvalue weighted by atomic mass is 10.0. The average Bonchev–Trinajstić information content (AvgIpc) is 3.61. The van der Waals surface area contributed by atoms with Gasteiger partial charge in [-0.25, -0.2) is 14.6 Å². The van der Waals surface area contributed by atoms with E-state index >= 15 is 0 Å². The summed E-state index contributed by atoms with van der Waals surface area (Å²) in [5, 5.41) is 18.7. The number of aliphatic hydroxyl groups excluding tert-OH is 1. The van der Waals surface area contributed by atoms with E-state index < -0.39 is 0 Å². The second kappa shape index (κ2) is 9.18. The number of fused-ring (bicyclic) bond motifs is 3. The zero-order valence-corrected chi connectivity index (χ0v) is 21.0. The highest BCUT2D eigenvalue weighted by atomic mass is 16.5. The molecule has 0 amide bonds. The summed E-state index contributed by atoms with van der Waals surface area (Å²) >= 11 is 0. The molecule has 10 nitrogen and oxygen atoms in total. The summed E-state index contributed by atoms with van der Waals surface area (Å²) in [6.45, 7) is 7.30. The Balaban J connectivity index is 1.36. The highest BCUT2D eigenvalue weighted by Crippen LogP contribution is 2.38. The minimum absolute atomic E-state index is 0.0990. The van der Waals surface area contributed by atoms with Gasteiger partial charge >= 0.3 is 0 Å². The Morgan fingerprint density at radius 3 is 2.69 bits per heavy atom. The highest BCUT2D eigenvalue weighted by molar-refractivity contribution is 5.74. The minimum Gasteiger partial charge on any atom is -0.491 e. The molecule has 3 aromatic heterocycles. The molecular formula is C26H32N8O2. The van der Waals surface area contributed by atoms with E-state index in [2.05, 4.69) is 60.6 Å². The standard InChI is InChI=1S/C26H32N8O2/c1-17(2)33-26(29-24(16-35)30-33)21-15-32-12-13-36-23-14-18(4-5-20(23)25(32)28-21)22-6-9-27-34(22)19-7-10-31(3)11-8-19/h4-6,9,14-15,17,19,35H,7-8,10-13,16H2,1-3H3. The first-order valence-corrected chi connectivity index (χ1v) is 12.7. The molecule has 0 spiro atoms. The zero-order valence-electron chi connectivity index (χ0n) is 21.0. The summed E-state index contributed by atoms with van der Waals surface area (Å²) in [7, 11) is 2.18. The van der Waals surface area contributed by atoms with Crippen molar-refractivity contribution in [2.24, 2.45) is 0 Å². The summed E-state index contributed by atoms with van der Waals surface area (Å²) in [5.74, 6) is 2.73. The molecule has 4 aromatic rings. The van der Waals surface area contributed by atoms with Gasteiger partial charge in [-0.15, -0.1) is 0 Å². The molecular weight excluding hydrogens is 456 g/mol. The molecule has 0 radical (unpaired) electrons. The molecule has 6 rings (SSSR count). The average molecular weight is 489 g/mol. The number of hydrogen-bond acceptors (Lipinski definition) is 7. The molecule has 1 N–H and O–H groups in total. The SMILES string of the molecule is CC(C)n1nc(CO)nc1-c1cn2c(n1)-c1ccc(-c3ccnn3C3CCN(C)CC3)cc1OCC2. The van der Waals surface area contributed by atoms with Crippen molar-refractivity contribution < 1.29 is 9.84 Å². The summed E-state index contributed by atoms with van der Waals surface area (Å²) in [6, 6.07) is 8.94. The van der Waals surface area contributed by atoms with Gasteiger partial charge in [0.1, 0.15) is 30.5 Å². The Morgan fingerprint density at radius 2 is 1.92 bits per heavy atom. The quantitative estimate of drug-likeness (QED) is 0.460. The van der Waals surface area contributed by atoms with Crippen LogP contribution in [0.15, 0.2) is 36.7 Å². The first kappa shape index (κ1) is 22.9. The number of aliphatic hydroxyl groups is 1. The molecule has 5 heterocycles. The highest BCUT2D eigenvalue weighted by Gasteiger charge is 2.25. The zero-order chi connectivity index (χ0) is 24.8. The lowest BCUT2D eigenvalue weighted by Crippen LogP contribution is -2.32. The molecule has 0 unspecified atom stereocenters. The van der Waals surface area contributed by atoms with Crippen molar-refractivity contribution in [3.63, 3.8) is 0 Å². The second-order valence-electron chi connectivity index (χ2n) is 9.95. The Hall–Kier alpha value is -3.50. The fourth-order valence-corrected chi connectivity index (χ4v) is 5.19. The van der Waals surface area contributed by atoms with E-state index in [0.29, 0.717) is 30.8 Å². The van der Waals surface area contributed by atoms with E-state index in [1.54, 1.807) is 0 Å². The third-order valence-corrected chi connectivity index (χ3v) is 7.12. The van der Waals surface area contributed by atoms with Gasteiger partial charge in [0, 0.05) is 24.0 Å². The van der Waals surface area contributed by atoms with Crippen molar-refractivity contribution in [1.29, 1.82) is 0 Å². The van der Waals surface area contributed by atoms with Crippen molar-refractivity contribution in [3.8, 4) is 39.9 Å². The number of benzene rings is 1. The molecule has 0 atom stereocenters. The van der Waals surface area contributed by atoms with Crippen LogP contribution in [0, 0.1) is 0 Å². The number of hydrogen-bond donors (Lipinski definition) is 1. The topological polar surface area (TPSA) is 99.0 Å². The van der Waals surface area contributed by atoms with Gasteiger partial charge in [0.2, 0.25) is 0 Å². The molecule has 0 saturated carbocycles. The number of ether oxygens (including phenoxy) is 1. The van der Waals surface area contributed by atoms with E-state index in [1.165, 1.54) is 0 Å². The molecule has 2 aliphatic rings. The van der Waals surface area contributed by atoms with Crippen LogP contribution in [0.3, 0.4) is 0 Å². The van der Waals surface area contributed by atoms with Gasteiger partial charge in [-0.2, -0.15) is 10.2 Å². The van der Waals surface area contributed by atoms with Crippen LogP contribution in [-0.2, 0) is 13.2 Å². The maximum atomic E-state index is 9.56. The normalized spacial score (nSPS) is 16.6. The summed E-state index contributed by atoms with van der Waals surface area (Å²) in [6.07, 6.45) is 6.10. The molecule has 1 saturated heterocycles. The third kappa shape index (κ3) is 4.00. The fraction of sp³-hybridized carbons (Fsp3) is 0.462. The maximum absolute atomic E-state index is 9.56. The first-order valence-electron chi connectivity index (χ1n) is 12.7. The lowest BCUT2D eigenvalue weighted by Gasteiger charge is -2.30. The molecule has 36 heavy (non-hydrogen) atoms. The Morgan fingerprint density at radius 1 is 1.08 bits per heavy atom. The van der Waals surface area contributed by atoms with Gasteiger partial charge in [-0.05, 0) is 65.0 Å². The fourth-order valence-electron chi connectivity index (χ4n) is 5.19. The van der Waals surface area contributed by atoms with Crippen LogP contribution in [0.1, 0.15) is 44.6 Å². The number of imidazole rings is 1. The van der Waals surface area contributed by atoms with Gasteiger partial charge in [0.25, 0.3) is 0 Å². The van der Waals surface area contributed by atoms with Crippen LogP contribution >= 0.6 is 0 Å². The van der Waals surface area contributed by atoms with Crippen LogP contribution in [0.25, 0.3) is 34.2 Å². The van der Waals surface area contributed by atoms with Gasteiger partial charge in [0.15, 0.2) is 11.6 Å². The molecule has 0 bridgehead atoms. The van der Waals surface area contributed by atoms with Gasteiger partial charge < -0.3 is 19.3 Å². The molecule has 0 aliphatic carbocycles. The molecule has 1 fully saturated rings. The van der Waals surface area contributed by atoms with Crippen LogP contribution in [0.5, 0.6) is 5.75 Å². The van der Waals surface area contributed by atoms with Crippen molar-refractivity contribution in [1.82, 2.24) is 39.0 Å². The minimum atomic E-state index is -0.201. The van der Waals surface area contributed by atoms with Gasteiger partial charge in [-0.3, -0.25) is 4.68 Å². The number of rotatable bonds is 5.